The van der Waals surface area contributed by atoms with E-state index in [1.807, 2.05) is 18.3 Å². The molecular weight excluding hydrogens is 507 g/mol. The first-order valence-corrected chi connectivity index (χ1v) is 12.5. The molecule has 0 aliphatic carbocycles. The second-order valence-electron chi connectivity index (χ2n) is 8.09. The van der Waals surface area contributed by atoms with Crippen LogP contribution < -0.4 is 16.2 Å². The first kappa shape index (κ1) is 30.1. The van der Waals surface area contributed by atoms with Gasteiger partial charge in [-0.15, -0.1) is 0 Å². The van der Waals surface area contributed by atoms with Crippen molar-refractivity contribution in [1.82, 2.24) is 14.5 Å². The summed E-state index contributed by atoms with van der Waals surface area (Å²) in [4.78, 5) is 23.2. The van der Waals surface area contributed by atoms with Gasteiger partial charge in [0.25, 0.3) is 5.56 Å². The molecule has 0 amide bonds. The van der Waals surface area contributed by atoms with Crippen LogP contribution in [0.5, 0.6) is 0 Å². The Bertz CT molecular complexity index is 1200. The average Bonchev–Trinajstić information content (AvgIpc) is 3.42. The molecule has 1 aromatic carbocycles. The van der Waals surface area contributed by atoms with E-state index in [0.29, 0.717) is 12.1 Å². The number of alkyl halides is 3. The number of pyridine rings is 1. The van der Waals surface area contributed by atoms with Crippen LogP contribution in [0.1, 0.15) is 44.9 Å². The van der Waals surface area contributed by atoms with Crippen molar-refractivity contribution in [1.29, 1.82) is 0 Å². The zero-order valence-corrected chi connectivity index (χ0v) is 22.0. The van der Waals surface area contributed by atoms with Gasteiger partial charge in [-0.25, -0.2) is 9.97 Å². The van der Waals surface area contributed by atoms with E-state index in [1.165, 1.54) is 36.6 Å². The van der Waals surface area contributed by atoms with Crippen LogP contribution in [0, 0.1) is 0 Å². The van der Waals surface area contributed by atoms with Crippen LogP contribution in [0.25, 0.3) is 11.4 Å². The highest BCUT2D eigenvalue weighted by atomic mass is 35.5. The van der Waals surface area contributed by atoms with E-state index >= 15 is 0 Å². The molecule has 0 saturated carbocycles. The summed E-state index contributed by atoms with van der Waals surface area (Å²) < 4.78 is 39.5. The van der Waals surface area contributed by atoms with Crippen LogP contribution in [0.3, 0.4) is 0 Å². The van der Waals surface area contributed by atoms with Crippen LogP contribution in [0.2, 0.25) is 5.02 Å². The van der Waals surface area contributed by atoms with Crippen molar-refractivity contribution in [3.05, 3.63) is 69.2 Å². The van der Waals surface area contributed by atoms with Gasteiger partial charge in [-0.05, 0) is 63.4 Å². The van der Waals surface area contributed by atoms with Gasteiger partial charge in [0.15, 0.2) is 0 Å². The predicted octanol–water partition coefficient (Wildman–Crippen LogP) is 5.43. The number of nitrogens with two attached hydrogens (primary N) is 1. The molecule has 0 radical (unpaired) electrons. The lowest BCUT2D eigenvalue weighted by Crippen LogP contribution is -2.27. The Hall–Kier alpha value is -3.11. The zero-order valence-electron chi connectivity index (χ0n) is 21.2. The summed E-state index contributed by atoms with van der Waals surface area (Å²) in [5.41, 5.74) is 5.17. The maximum atomic E-state index is 12.7. The van der Waals surface area contributed by atoms with E-state index in [9.17, 15) is 18.0 Å². The first-order chi connectivity index (χ1) is 17.6. The van der Waals surface area contributed by atoms with Crippen LogP contribution in [-0.2, 0) is 19.1 Å². The van der Waals surface area contributed by atoms with E-state index < -0.39 is 17.3 Å². The van der Waals surface area contributed by atoms with E-state index in [4.69, 9.17) is 22.4 Å². The Morgan fingerprint density at radius 3 is 2.24 bits per heavy atom. The minimum Gasteiger partial charge on any atom is -0.397 e. The summed E-state index contributed by atoms with van der Waals surface area (Å²) in [5.74, 6) is 1.34. The third-order valence-corrected chi connectivity index (χ3v) is 5.86. The topological polar surface area (TPSA) is 97.3 Å². The van der Waals surface area contributed by atoms with Crippen molar-refractivity contribution in [3.63, 3.8) is 0 Å². The standard InChI is InChI=1S/C15H15ClF3N3O.C9H12N2.C2H6O/c1-3-11-12(20)14(23)22(4-2)13(21-11)9-6-5-8(7-10(9)16)15(17,18)19;1-2-6-10-9(5-1)11-7-3-4-8-11;1-2-3/h5-7H,3-4,20H2,1-2H3;1-2,5-6H,3-4,7-8H2;3H,2H2,1H3. The van der Waals surface area contributed by atoms with Crippen LogP contribution >= 0.6 is 11.6 Å². The summed E-state index contributed by atoms with van der Waals surface area (Å²) in [6, 6.07) is 9.03. The molecule has 0 spiro atoms. The van der Waals surface area contributed by atoms with Gasteiger partial charge in [0, 0.05) is 38.0 Å². The van der Waals surface area contributed by atoms with Gasteiger partial charge in [0.05, 0.1) is 16.3 Å². The Kier molecular flexibility index (Phi) is 11.4. The number of halogens is 4. The second-order valence-corrected chi connectivity index (χ2v) is 8.50. The number of aromatic nitrogens is 3. The Labute approximate surface area is 219 Å². The van der Waals surface area contributed by atoms with Gasteiger partial charge in [-0.3, -0.25) is 9.36 Å². The molecule has 3 N–H and O–H groups in total. The number of nitrogens with zero attached hydrogens (tertiary/aromatic N) is 4. The lowest BCUT2D eigenvalue weighted by atomic mass is 10.1. The van der Waals surface area contributed by atoms with Crippen molar-refractivity contribution >= 4 is 23.1 Å². The van der Waals surface area contributed by atoms with Crippen molar-refractivity contribution in [2.45, 2.75) is 52.8 Å². The monoisotopic (exact) mass is 539 g/mol. The number of aryl methyl sites for hydroxylation is 1. The summed E-state index contributed by atoms with van der Waals surface area (Å²) in [7, 11) is 0. The van der Waals surface area contributed by atoms with Crippen molar-refractivity contribution < 1.29 is 18.3 Å². The SMILES string of the molecule is CCO.CCc1nc(-c2ccc(C(F)(F)F)cc2Cl)n(CC)c(=O)c1N.c1ccc(N2CCCC2)nc1. The molecule has 11 heteroatoms. The number of hydrogen-bond donors (Lipinski definition) is 2. The van der Waals surface area contributed by atoms with Gasteiger partial charge < -0.3 is 15.7 Å². The number of anilines is 2. The van der Waals surface area contributed by atoms with Gasteiger partial charge in [0.1, 0.15) is 17.3 Å². The second kappa shape index (κ2) is 14.0. The molecule has 202 valence electrons. The molecule has 1 fully saturated rings. The summed E-state index contributed by atoms with van der Waals surface area (Å²) in [6.07, 6.45) is 0.424. The summed E-state index contributed by atoms with van der Waals surface area (Å²) in [6.45, 7) is 8.06. The lowest BCUT2D eigenvalue weighted by Gasteiger charge is -2.15. The third-order valence-electron chi connectivity index (χ3n) is 5.55. The molecule has 1 aliphatic rings. The van der Waals surface area contributed by atoms with Crippen LogP contribution in [-0.4, -0.2) is 39.3 Å². The first-order valence-electron chi connectivity index (χ1n) is 12.1. The molecular formula is C26H33ClF3N5O2. The molecule has 0 atom stereocenters. The molecule has 0 bridgehead atoms. The Balaban J connectivity index is 0.000000283. The zero-order chi connectivity index (χ0) is 27.6. The molecule has 2 aromatic heterocycles. The lowest BCUT2D eigenvalue weighted by molar-refractivity contribution is -0.137. The van der Waals surface area contributed by atoms with E-state index in [2.05, 4.69) is 20.9 Å². The molecule has 1 aliphatic heterocycles. The number of hydrogen-bond acceptors (Lipinski definition) is 6. The highest BCUT2D eigenvalue weighted by Crippen LogP contribution is 2.35. The Morgan fingerprint density at radius 1 is 1.11 bits per heavy atom. The molecule has 3 aromatic rings. The van der Waals surface area contributed by atoms with E-state index in [1.54, 1.807) is 20.8 Å². The predicted molar refractivity (Wildman–Crippen MR) is 142 cm³/mol. The van der Waals surface area contributed by atoms with Gasteiger partial charge in [-0.2, -0.15) is 13.2 Å². The summed E-state index contributed by atoms with van der Waals surface area (Å²) in [5, 5.41) is 7.45. The Morgan fingerprint density at radius 2 is 1.76 bits per heavy atom. The minimum absolute atomic E-state index is 0.0427. The molecule has 1 saturated heterocycles. The van der Waals surface area contributed by atoms with E-state index in [0.717, 1.165) is 18.0 Å². The quantitative estimate of drug-likeness (QED) is 0.459. The number of nitrogen functional groups attached to an aromatic ring is 1. The molecule has 0 unspecified atom stereocenters. The van der Waals surface area contributed by atoms with Gasteiger partial charge >= 0.3 is 6.18 Å². The largest absolute Gasteiger partial charge is 0.416 e. The highest BCUT2D eigenvalue weighted by molar-refractivity contribution is 6.33. The average molecular weight is 540 g/mol. The molecule has 37 heavy (non-hydrogen) atoms. The maximum absolute atomic E-state index is 12.7. The van der Waals surface area contributed by atoms with E-state index in [-0.39, 0.29) is 35.2 Å². The number of benzene rings is 1. The molecule has 4 rings (SSSR count). The fraction of sp³-hybridized carbons (Fsp3) is 0.423. The van der Waals surface area contributed by atoms with Gasteiger partial charge in [0.2, 0.25) is 0 Å². The molecule has 3 heterocycles. The highest BCUT2D eigenvalue weighted by Gasteiger charge is 2.31. The van der Waals surface area contributed by atoms with Gasteiger partial charge in [-0.1, -0.05) is 24.6 Å². The van der Waals surface area contributed by atoms with Crippen molar-refractivity contribution in [2.24, 2.45) is 0 Å². The fourth-order valence-electron chi connectivity index (χ4n) is 3.74. The number of aliphatic hydroxyl groups is 1. The van der Waals surface area contributed by atoms with Crippen LogP contribution in [0.4, 0.5) is 24.7 Å². The fourth-order valence-corrected chi connectivity index (χ4v) is 4.01. The van der Waals surface area contributed by atoms with Crippen molar-refractivity contribution in [3.8, 4) is 11.4 Å². The maximum Gasteiger partial charge on any atom is 0.416 e. The number of aliphatic hydroxyl groups excluding tert-OH is 1. The third kappa shape index (κ3) is 7.93. The summed E-state index contributed by atoms with van der Waals surface area (Å²) >= 11 is 6.00. The van der Waals surface area contributed by atoms with Crippen molar-refractivity contribution in [2.75, 3.05) is 30.3 Å². The van der Waals surface area contributed by atoms with Crippen LogP contribution in [0.15, 0.2) is 47.4 Å². The normalized spacial score (nSPS) is 12.9. The minimum atomic E-state index is -4.49. The molecule has 7 nitrogen and oxygen atoms in total. The smallest absolute Gasteiger partial charge is 0.397 e. The number of rotatable bonds is 4.